The molecule has 0 spiro atoms. The molecule has 37 heavy (non-hydrogen) atoms. The maximum absolute atomic E-state index is 13.3. The maximum atomic E-state index is 13.3. The molecule has 3 atom stereocenters. The van der Waals surface area contributed by atoms with Crippen LogP contribution in [0.1, 0.15) is 43.9 Å². The van der Waals surface area contributed by atoms with Gasteiger partial charge < -0.3 is 25.8 Å². The molecule has 0 saturated heterocycles. The summed E-state index contributed by atoms with van der Waals surface area (Å²) in [6.45, 7) is 3.72. The van der Waals surface area contributed by atoms with E-state index in [1.807, 2.05) is 30.3 Å². The molecule has 2 amide bonds. The van der Waals surface area contributed by atoms with Gasteiger partial charge in [0.1, 0.15) is 12.1 Å². The largest absolute Gasteiger partial charge is 0.465 e. The van der Waals surface area contributed by atoms with Gasteiger partial charge in [0.15, 0.2) is 6.04 Å². The number of rotatable bonds is 15. The molecule has 2 aromatic carbocycles. The second kappa shape index (κ2) is 16.4. The Labute approximate surface area is 221 Å². The Morgan fingerprint density at radius 3 is 2.08 bits per heavy atom. The summed E-state index contributed by atoms with van der Waals surface area (Å²) in [5.41, 5.74) is 7.43. The number of hydrogen-bond donors (Lipinski definition) is 3. The topological polar surface area (TPSA) is 137 Å². The van der Waals surface area contributed by atoms with E-state index in [0.29, 0.717) is 11.3 Å². The highest BCUT2D eigenvalue weighted by molar-refractivity contribution is 7.98. The molecule has 4 N–H and O–H groups in total. The molecule has 0 aliphatic heterocycles. The van der Waals surface area contributed by atoms with E-state index in [4.69, 9.17) is 15.2 Å². The van der Waals surface area contributed by atoms with Crippen molar-refractivity contribution < 1.29 is 28.7 Å². The lowest BCUT2D eigenvalue weighted by Crippen LogP contribution is -2.50. The van der Waals surface area contributed by atoms with E-state index in [1.165, 1.54) is 11.8 Å². The lowest BCUT2D eigenvalue weighted by molar-refractivity contribution is -0.147. The Kier molecular flexibility index (Phi) is 13.2. The molecule has 200 valence electrons. The van der Waals surface area contributed by atoms with Gasteiger partial charge in [-0.25, -0.2) is 4.79 Å². The van der Waals surface area contributed by atoms with Gasteiger partial charge in [-0.1, -0.05) is 60.7 Å². The molecule has 0 unspecified atom stereocenters. The zero-order chi connectivity index (χ0) is 27.0. The summed E-state index contributed by atoms with van der Waals surface area (Å²) in [5.74, 6) is -1.24. The standard InChI is InChI=1S/C27H35N3O6S/c1-3-35-26(33)21(28)15-16-23(31)29-22(18-37-17-19-11-7-5-8-12-19)25(32)30-24(27(34)36-4-2)20-13-9-6-10-14-20/h5-14,21-22,24H,3-4,15-18,28H2,1-2H3,(H,29,31)(H,30,32)/t21-,22+,24-/m1/s1. The fourth-order valence-corrected chi connectivity index (χ4v) is 4.38. The first-order chi connectivity index (χ1) is 17.8. The molecule has 0 fully saturated rings. The highest BCUT2D eigenvalue weighted by Gasteiger charge is 2.29. The fourth-order valence-electron chi connectivity index (χ4n) is 3.36. The number of hydrogen-bond acceptors (Lipinski definition) is 8. The van der Waals surface area contributed by atoms with Crippen LogP contribution in [-0.2, 0) is 34.4 Å². The minimum Gasteiger partial charge on any atom is -0.465 e. The average molecular weight is 530 g/mol. The molecule has 0 aromatic heterocycles. The third-order valence-corrected chi connectivity index (χ3v) is 6.37. The summed E-state index contributed by atoms with van der Waals surface area (Å²) in [4.78, 5) is 50.3. The Morgan fingerprint density at radius 1 is 0.865 bits per heavy atom. The van der Waals surface area contributed by atoms with Gasteiger partial charge in [0.25, 0.3) is 0 Å². The smallest absolute Gasteiger partial charge is 0.333 e. The van der Waals surface area contributed by atoms with E-state index >= 15 is 0 Å². The van der Waals surface area contributed by atoms with Gasteiger partial charge in [-0.3, -0.25) is 14.4 Å². The van der Waals surface area contributed by atoms with Crippen LogP contribution in [0.2, 0.25) is 0 Å². The minimum atomic E-state index is -1.02. The molecule has 0 saturated carbocycles. The SMILES string of the molecule is CCOC(=O)[C@H](N)CCC(=O)N[C@@H](CSCc1ccccc1)C(=O)N[C@@H](C(=O)OCC)c1ccccc1. The van der Waals surface area contributed by atoms with Gasteiger partial charge in [0.05, 0.1) is 13.2 Å². The summed E-state index contributed by atoms with van der Waals surface area (Å²) in [6, 6.07) is 15.6. The summed E-state index contributed by atoms with van der Waals surface area (Å²) < 4.78 is 10.0. The van der Waals surface area contributed by atoms with E-state index in [-0.39, 0.29) is 31.8 Å². The quantitative estimate of drug-likeness (QED) is 0.299. The highest BCUT2D eigenvalue weighted by atomic mass is 32.2. The Hall–Kier alpha value is -3.37. The number of ether oxygens (including phenoxy) is 2. The summed E-state index contributed by atoms with van der Waals surface area (Å²) in [7, 11) is 0. The van der Waals surface area contributed by atoms with Crippen LogP contribution in [0.15, 0.2) is 60.7 Å². The van der Waals surface area contributed by atoms with Crippen LogP contribution in [0.25, 0.3) is 0 Å². The fraction of sp³-hybridized carbons (Fsp3) is 0.407. The van der Waals surface area contributed by atoms with Crippen molar-refractivity contribution in [3.8, 4) is 0 Å². The number of nitrogens with one attached hydrogen (secondary N) is 2. The zero-order valence-electron chi connectivity index (χ0n) is 21.2. The Morgan fingerprint density at radius 2 is 1.46 bits per heavy atom. The van der Waals surface area contributed by atoms with E-state index in [0.717, 1.165) is 5.56 Å². The number of amides is 2. The molecule has 0 heterocycles. The molecule has 10 heteroatoms. The molecule has 0 aliphatic carbocycles. The first-order valence-corrected chi connectivity index (χ1v) is 13.4. The van der Waals surface area contributed by atoms with Crippen LogP contribution >= 0.6 is 11.8 Å². The van der Waals surface area contributed by atoms with Crippen molar-refractivity contribution in [2.45, 2.75) is 50.6 Å². The number of benzene rings is 2. The van der Waals surface area contributed by atoms with Gasteiger partial charge in [-0.15, -0.1) is 0 Å². The van der Waals surface area contributed by atoms with E-state index < -0.39 is 41.9 Å². The molecular weight excluding hydrogens is 494 g/mol. The van der Waals surface area contributed by atoms with Crippen LogP contribution in [0.4, 0.5) is 0 Å². The normalized spacial score (nSPS) is 13.1. The van der Waals surface area contributed by atoms with Gasteiger partial charge in [0, 0.05) is 17.9 Å². The number of esters is 2. The second-order valence-electron chi connectivity index (χ2n) is 8.12. The molecule has 2 aromatic rings. The van der Waals surface area contributed by atoms with E-state index in [9.17, 15) is 19.2 Å². The number of carbonyl (C=O) groups is 4. The summed E-state index contributed by atoms with van der Waals surface area (Å²) in [6.07, 6.45) is 0.0126. The molecule has 0 bridgehead atoms. The monoisotopic (exact) mass is 529 g/mol. The maximum Gasteiger partial charge on any atom is 0.333 e. The van der Waals surface area contributed by atoms with Crippen LogP contribution in [0, 0.1) is 0 Å². The molecular formula is C27H35N3O6S. The highest BCUT2D eigenvalue weighted by Crippen LogP contribution is 2.17. The van der Waals surface area contributed by atoms with Gasteiger partial charge >= 0.3 is 11.9 Å². The van der Waals surface area contributed by atoms with Crippen molar-refractivity contribution in [1.82, 2.24) is 10.6 Å². The predicted molar refractivity (Wildman–Crippen MR) is 142 cm³/mol. The van der Waals surface area contributed by atoms with Crippen LogP contribution < -0.4 is 16.4 Å². The van der Waals surface area contributed by atoms with Gasteiger partial charge in [-0.2, -0.15) is 11.8 Å². The van der Waals surface area contributed by atoms with E-state index in [2.05, 4.69) is 10.6 Å². The van der Waals surface area contributed by atoms with Gasteiger partial charge in [0.2, 0.25) is 11.8 Å². The first-order valence-electron chi connectivity index (χ1n) is 12.2. The zero-order valence-corrected chi connectivity index (χ0v) is 22.0. The molecule has 0 radical (unpaired) electrons. The average Bonchev–Trinajstić information content (AvgIpc) is 2.91. The van der Waals surface area contributed by atoms with Crippen molar-refractivity contribution >= 4 is 35.5 Å². The summed E-state index contributed by atoms with van der Waals surface area (Å²) >= 11 is 1.47. The lowest BCUT2D eigenvalue weighted by atomic mass is 10.1. The second-order valence-corrected chi connectivity index (χ2v) is 9.15. The molecule has 2 rings (SSSR count). The number of thioether (sulfide) groups is 1. The first kappa shape index (κ1) is 29.9. The Balaban J connectivity index is 2.10. The molecule has 9 nitrogen and oxygen atoms in total. The summed E-state index contributed by atoms with van der Waals surface area (Å²) in [5, 5.41) is 5.46. The third-order valence-electron chi connectivity index (χ3n) is 5.26. The van der Waals surface area contributed by atoms with Crippen molar-refractivity contribution in [2.24, 2.45) is 5.73 Å². The van der Waals surface area contributed by atoms with Crippen molar-refractivity contribution in [3.05, 3.63) is 71.8 Å². The third kappa shape index (κ3) is 10.6. The van der Waals surface area contributed by atoms with Crippen molar-refractivity contribution in [2.75, 3.05) is 19.0 Å². The lowest BCUT2D eigenvalue weighted by Gasteiger charge is -2.23. The van der Waals surface area contributed by atoms with Crippen LogP contribution in [0.3, 0.4) is 0 Å². The predicted octanol–water partition coefficient (Wildman–Crippen LogP) is 2.50. The van der Waals surface area contributed by atoms with Gasteiger partial charge in [-0.05, 0) is 31.4 Å². The van der Waals surface area contributed by atoms with Crippen molar-refractivity contribution in [1.29, 1.82) is 0 Å². The number of nitrogens with two attached hydrogens (primary N) is 1. The molecule has 0 aliphatic rings. The van der Waals surface area contributed by atoms with Crippen LogP contribution in [-0.4, -0.2) is 54.8 Å². The van der Waals surface area contributed by atoms with E-state index in [1.54, 1.807) is 44.2 Å². The van der Waals surface area contributed by atoms with Crippen LogP contribution in [0.5, 0.6) is 0 Å². The minimum absolute atomic E-state index is 0.0624. The Bertz CT molecular complexity index is 1010. The van der Waals surface area contributed by atoms with Crippen molar-refractivity contribution in [3.63, 3.8) is 0 Å². The number of carbonyl (C=O) groups excluding carboxylic acids is 4.